The molecule has 2 N–H and O–H groups in total. The quantitative estimate of drug-likeness (QED) is 0.595. The first-order chi connectivity index (χ1) is 15.6. The van der Waals surface area contributed by atoms with E-state index in [1.54, 1.807) is 41.3 Å². The molecular formula is C25H23N3O3S. The second kappa shape index (κ2) is 10.2. The van der Waals surface area contributed by atoms with Crippen molar-refractivity contribution in [2.45, 2.75) is 0 Å². The highest BCUT2D eigenvalue weighted by Crippen LogP contribution is 2.19. The van der Waals surface area contributed by atoms with Crippen LogP contribution in [0.15, 0.2) is 78.9 Å². The van der Waals surface area contributed by atoms with Crippen molar-refractivity contribution in [1.82, 2.24) is 10.2 Å². The lowest BCUT2D eigenvalue weighted by molar-refractivity contribution is 0.0303. The Bertz CT molecular complexity index is 1090. The van der Waals surface area contributed by atoms with Gasteiger partial charge in [-0.15, -0.1) is 0 Å². The zero-order chi connectivity index (χ0) is 22.3. The summed E-state index contributed by atoms with van der Waals surface area (Å²) in [5.41, 5.74) is 3.93. The summed E-state index contributed by atoms with van der Waals surface area (Å²) >= 11 is 5.27. The number of benzene rings is 3. The fraction of sp³-hybridized carbons (Fsp3) is 0.160. The van der Waals surface area contributed by atoms with Gasteiger partial charge in [-0.1, -0.05) is 42.5 Å². The number of hydrogen-bond acceptors (Lipinski definition) is 4. The molecule has 0 atom stereocenters. The third-order valence-corrected chi connectivity index (χ3v) is 5.37. The fourth-order valence-electron chi connectivity index (χ4n) is 3.43. The first-order valence-corrected chi connectivity index (χ1v) is 10.8. The van der Waals surface area contributed by atoms with Crippen molar-refractivity contribution in [1.29, 1.82) is 0 Å². The second-order valence-corrected chi connectivity index (χ2v) is 7.74. The minimum Gasteiger partial charge on any atom is -0.378 e. The number of amides is 2. The summed E-state index contributed by atoms with van der Waals surface area (Å²) in [6.45, 7) is 2.32. The van der Waals surface area contributed by atoms with Crippen LogP contribution in [0, 0.1) is 0 Å². The summed E-state index contributed by atoms with van der Waals surface area (Å²) in [5.74, 6) is -0.309. The number of nitrogens with zero attached hydrogens (tertiary/aromatic N) is 1. The molecular weight excluding hydrogens is 422 g/mol. The van der Waals surface area contributed by atoms with E-state index in [-0.39, 0.29) is 16.9 Å². The van der Waals surface area contributed by atoms with Crippen LogP contribution in [0.25, 0.3) is 11.1 Å². The summed E-state index contributed by atoms with van der Waals surface area (Å²) in [6.07, 6.45) is 0. The Morgan fingerprint density at radius 2 is 1.38 bits per heavy atom. The van der Waals surface area contributed by atoms with Crippen molar-refractivity contribution in [2.75, 3.05) is 31.6 Å². The number of morpholine rings is 1. The Hall–Kier alpha value is -3.55. The maximum atomic E-state index is 12.5. The van der Waals surface area contributed by atoms with E-state index in [0.717, 1.165) is 11.1 Å². The van der Waals surface area contributed by atoms with E-state index in [2.05, 4.69) is 10.6 Å². The predicted octanol–water partition coefficient (Wildman–Crippen LogP) is 3.95. The molecule has 0 spiro atoms. The highest BCUT2D eigenvalue weighted by molar-refractivity contribution is 7.80. The normalized spacial score (nSPS) is 13.3. The standard InChI is InChI=1S/C25H23N3O3S/c29-23(20-8-6-19(7-9-20)18-4-2-1-3-5-18)27-25(32)26-22-12-10-21(11-13-22)24(30)28-14-16-31-17-15-28/h1-13H,14-17H2,(H2,26,27,29,32). The van der Waals surface area contributed by atoms with E-state index in [1.807, 2.05) is 42.5 Å². The van der Waals surface area contributed by atoms with Gasteiger partial charge < -0.3 is 15.0 Å². The topological polar surface area (TPSA) is 70.7 Å². The highest BCUT2D eigenvalue weighted by atomic mass is 32.1. The van der Waals surface area contributed by atoms with E-state index in [9.17, 15) is 9.59 Å². The van der Waals surface area contributed by atoms with Crippen molar-refractivity contribution in [2.24, 2.45) is 0 Å². The van der Waals surface area contributed by atoms with E-state index < -0.39 is 0 Å². The molecule has 1 aliphatic heterocycles. The highest BCUT2D eigenvalue weighted by Gasteiger charge is 2.18. The zero-order valence-electron chi connectivity index (χ0n) is 17.4. The monoisotopic (exact) mass is 445 g/mol. The van der Waals surface area contributed by atoms with Gasteiger partial charge in [0.2, 0.25) is 0 Å². The lowest BCUT2D eigenvalue weighted by atomic mass is 10.0. The average Bonchev–Trinajstić information content (AvgIpc) is 2.85. The number of hydrogen-bond donors (Lipinski definition) is 2. The van der Waals surface area contributed by atoms with Gasteiger partial charge in [0, 0.05) is 29.9 Å². The molecule has 1 fully saturated rings. The van der Waals surface area contributed by atoms with E-state index in [0.29, 0.717) is 43.1 Å². The Labute approximate surface area is 192 Å². The molecule has 0 bridgehead atoms. The molecule has 162 valence electrons. The summed E-state index contributed by atoms with van der Waals surface area (Å²) in [4.78, 5) is 26.8. The van der Waals surface area contributed by atoms with Gasteiger partial charge in [0.25, 0.3) is 11.8 Å². The van der Waals surface area contributed by atoms with Crippen molar-refractivity contribution >= 4 is 34.8 Å². The van der Waals surface area contributed by atoms with Crippen LogP contribution < -0.4 is 10.6 Å². The lowest BCUT2D eigenvalue weighted by Crippen LogP contribution is -2.40. The molecule has 0 aliphatic carbocycles. The number of rotatable bonds is 4. The van der Waals surface area contributed by atoms with Gasteiger partial charge in [0.15, 0.2) is 5.11 Å². The van der Waals surface area contributed by atoms with Gasteiger partial charge >= 0.3 is 0 Å². The molecule has 0 radical (unpaired) electrons. The van der Waals surface area contributed by atoms with E-state index >= 15 is 0 Å². The molecule has 1 saturated heterocycles. The fourth-order valence-corrected chi connectivity index (χ4v) is 3.64. The van der Waals surface area contributed by atoms with Gasteiger partial charge in [-0.3, -0.25) is 14.9 Å². The molecule has 0 saturated carbocycles. The molecule has 0 aromatic heterocycles. The Balaban J connectivity index is 1.32. The van der Waals surface area contributed by atoms with Crippen LogP contribution in [0.3, 0.4) is 0 Å². The molecule has 2 amide bonds. The minimum absolute atomic E-state index is 0.0188. The van der Waals surface area contributed by atoms with Gasteiger partial charge in [-0.2, -0.15) is 0 Å². The zero-order valence-corrected chi connectivity index (χ0v) is 18.2. The average molecular weight is 446 g/mol. The molecule has 0 unspecified atom stereocenters. The third-order valence-electron chi connectivity index (χ3n) is 5.17. The van der Waals surface area contributed by atoms with Crippen LogP contribution >= 0.6 is 12.2 Å². The summed E-state index contributed by atoms with van der Waals surface area (Å²) in [5, 5.41) is 5.85. The van der Waals surface area contributed by atoms with E-state index in [1.165, 1.54) is 0 Å². The second-order valence-electron chi connectivity index (χ2n) is 7.33. The smallest absolute Gasteiger partial charge is 0.257 e. The van der Waals surface area contributed by atoms with Crippen molar-refractivity contribution in [3.63, 3.8) is 0 Å². The molecule has 1 heterocycles. The van der Waals surface area contributed by atoms with Crippen LogP contribution in [0.2, 0.25) is 0 Å². The maximum Gasteiger partial charge on any atom is 0.257 e. The molecule has 6 nitrogen and oxygen atoms in total. The predicted molar refractivity (Wildman–Crippen MR) is 129 cm³/mol. The number of ether oxygens (including phenoxy) is 1. The van der Waals surface area contributed by atoms with Crippen LogP contribution in [0.4, 0.5) is 5.69 Å². The number of carbonyl (C=O) groups excluding carboxylic acids is 2. The van der Waals surface area contributed by atoms with E-state index in [4.69, 9.17) is 17.0 Å². The Kier molecular flexibility index (Phi) is 6.89. The summed E-state index contributed by atoms with van der Waals surface area (Å²) < 4.78 is 5.29. The van der Waals surface area contributed by atoms with Crippen LogP contribution in [0.5, 0.6) is 0 Å². The number of anilines is 1. The van der Waals surface area contributed by atoms with Gasteiger partial charge in [0.1, 0.15) is 0 Å². The summed E-state index contributed by atoms with van der Waals surface area (Å²) in [6, 6.07) is 24.3. The van der Waals surface area contributed by atoms with Crippen LogP contribution in [-0.2, 0) is 4.74 Å². The molecule has 3 aromatic rings. The molecule has 4 rings (SSSR count). The Morgan fingerprint density at radius 3 is 2.03 bits per heavy atom. The van der Waals surface area contributed by atoms with Crippen molar-refractivity contribution < 1.29 is 14.3 Å². The SMILES string of the molecule is O=C(NC(=S)Nc1ccc(C(=O)N2CCOCC2)cc1)c1ccc(-c2ccccc2)cc1. The number of carbonyl (C=O) groups is 2. The van der Waals surface area contributed by atoms with Crippen LogP contribution in [0.1, 0.15) is 20.7 Å². The van der Waals surface area contributed by atoms with Crippen molar-refractivity contribution in [3.05, 3.63) is 90.0 Å². The molecule has 7 heteroatoms. The summed E-state index contributed by atoms with van der Waals surface area (Å²) in [7, 11) is 0. The minimum atomic E-state index is -0.291. The largest absolute Gasteiger partial charge is 0.378 e. The van der Waals surface area contributed by atoms with Gasteiger partial charge in [-0.05, 0) is 59.7 Å². The Morgan fingerprint density at radius 1 is 0.781 bits per heavy atom. The maximum absolute atomic E-state index is 12.5. The van der Waals surface area contributed by atoms with Gasteiger partial charge in [0.05, 0.1) is 13.2 Å². The molecule has 3 aromatic carbocycles. The van der Waals surface area contributed by atoms with Crippen LogP contribution in [-0.4, -0.2) is 48.1 Å². The van der Waals surface area contributed by atoms with Gasteiger partial charge in [-0.25, -0.2) is 0 Å². The third kappa shape index (κ3) is 5.38. The number of thiocarbonyl (C=S) groups is 1. The lowest BCUT2D eigenvalue weighted by Gasteiger charge is -2.26. The first-order valence-electron chi connectivity index (χ1n) is 10.3. The van der Waals surface area contributed by atoms with Crippen molar-refractivity contribution in [3.8, 4) is 11.1 Å². The number of nitrogens with one attached hydrogen (secondary N) is 2. The molecule has 32 heavy (non-hydrogen) atoms. The first kappa shape index (κ1) is 21.7. The molecule has 1 aliphatic rings.